The molecule has 3 rings (SSSR count). The molecule has 0 amide bonds. The minimum absolute atomic E-state index is 0.923. The Labute approximate surface area is 111 Å². The van der Waals surface area contributed by atoms with Crippen LogP contribution < -0.4 is 5.32 Å². The Morgan fingerprint density at radius 3 is 2.95 bits per heavy atom. The molecule has 0 unspecified atom stereocenters. The summed E-state index contributed by atoms with van der Waals surface area (Å²) in [6.45, 7) is 3.08. The number of H-pyrrole nitrogens is 1. The lowest BCUT2D eigenvalue weighted by atomic mass is 10.1. The molecular weight excluding hydrogens is 236 g/mol. The van der Waals surface area contributed by atoms with Crippen molar-refractivity contribution in [3.8, 4) is 11.1 Å². The fourth-order valence-corrected chi connectivity index (χ4v) is 2.08. The van der Waals surface area contributed by atoms with E-state index in [4.69, 9.17) is 0 Å². The van der Waals surface area contributed by atoms with E-state index in [1.165, 1.54) is 5.56 Å². The summed E-state index contributed by atoms with van der Waals surface area (Å²) in [5.74, 6) is 0.923. The van der Waals surface area contributed by atoms with Gasteiger partial charge in [0.15, 0.2) is 0 Å². The Balaban J connectivity index is 1.95. The zero-order chi connectivity index (χ0) is 13.1. The summed E-state index contributed by atoms with van der Waals surface area (Å²) < 4.78 is 0. The van der Waals surface area contributed by atoms with Gasteiger partial charge in [-0.2, -0.15) is 5.10 Å². The van der Waals surface area contributed by atoms with Crippen molar-refractivity contribution in [2.24, 2.45) is 0 Å². The number of benzene rings is 1. The van der Waals surface area contributed by atoms with Crippen molar-refractivity contribution in [2.45, 2.75) is 13.3 Å². The van der Waals surface area contributed by atoms with E-state index in [-0.39, 0.29) is 0 Å². The first-order chi connectivity index (χ1) is 9.36. The van der Waals surface area contributed by atoms with E-state index in [1.807, 2.05) is 18.5 Å². The monoisotopic (exact) mass is 252 g/mol. The highest BCUT2D eigenvalue weighted by Gasteiger charge is 2.02. The average Bonchev–Trinajstić information content (AvgIpc) is 2.92. The molecule has 19 heavy (non-hydrogen) atoms. The maximum atomic E-state index is 4.33. The van der Waals surface area contributed by atoms with E-state index < -0.39 is 0 Å². The van der Waals surface area contributed by atoms with Gasteiger partial charge in [-0.1, -0.05) is 13.0 Å². The van der Waals surface area contributed by atoms with Crippen LogP contribution in [0.5, 0.6) is 0 Å². The molecule has 0 aliphatic heterocycles. The number of hydrogen-bond donors (Lipinski definition) is 2. The second-order valence-electron chi connectivity index (χ2n) is 4.53. The number of aromatic nitrogens is 3. The van der Waals surface area contributed by atoms with Gasteiger partial charge in [0, 0.05) is 18.1 Å². The highest BCUT2D eigenvalue weighted by atomic mass is 15.1. The fraction of sp³-hybridized carbons (Fsp3) is 0.200. The number of fused-ring (bicyclic) bond motifs is 1. The van der Waals surface area contributed by atoms with Gasteiger partial charge >= 0.3 is 0 Å². The Morgan fingerprint density at radius 1 is 1.16 bits per heavy atom. The Hall–Kier alpha value is -2.36. The van der Waals surface area contributed by atoms with E-state index in [1.54, 1.807) is 0 Å². The standard InChI is InChI=1S/C15H16N4/c1-2-6-16-15-9-12(5-7-17-15)11-3-4-14-13(8-11)10-18-19-14/h3-5,7-10H,2,6H2,1H3,(H,16,17)(H,18,19). The molecule has 0 spiro atoms. The first kappa shape index (κ1) is 11.7. The van der Waals surface area contributed by atoms with Crippen LogP contribution in [0, 0.1) is 0 Å². The maximum absolute atomic E-state index is 4.33. The van der Waals surface area contributed by atoms with E-state index in [2.05, 4.69) is 51.7 Å². The van der Waals surface area contributed by atoms with E-state index in [9.17, 15) is 0 Å². The Bertz CT molecular complexity index is 687. The normalized spacial score (nSPS) is 10.8. The average molecular weight is 252 g/mol. The van der Waals surface area contributed by atoms with Crippen LogP contribution in [0.4, 0.5) is 5.82 Å². The third-order valence-corrected chi connectivity index (χ3v) is 3.09. The molecule has 3 aromatic rings. The number of rotatable bonds is 4. The van der Waals surface area contributed by atoms with Gasteiger partial charge in [-0.15, -0.1) is 0 Å². The van der Waals surface area contributed by atoms with Crippen molar-refractivity contribution >= 4 is 16.7 Å². The largest absolute Gasteiger partial charge is 0.370 e. The SMILES string of the molecule is CCCNc1cc(-c2ccc3[nH]ncc3c2)ccn1. The van der Waals surface area contributed by atoms with Crippen molar-refractivity contribution in [2.75, 3.05) is 11.9 Å². The third kappa shape index (κ3) is 2.42. The molecule has 4 nitrogen and oxygen atoms in total. The number of hydrogen-bond acceptors (Lipinski definition) is 3. The highest BCUT2D eigenvalue weighted by Crippen LogP contribution is 2.24. The Morgan fingerprint density at radius 2 is 2.05 bits per heavy atom. The van der Waals surface area contributed by atoms with Crippen molar-refractivity contribution in [1.29, 1.82) is 0 Å². The van der Waals surface area contributed by atoms with Gasteiger partial charge in [0.2, 0.25) is 0 Å². The van der Waals surface area contributed by atoms with Crippen LogP contribution in [0.2, 0.25) is 0 Å². The lowest BCUT2D eigenvalue weighted by Crippen LogP contribution is -2.01. The molecule has 0 radical (unpaired) electrons. The van der Waals surface area contributed by atoms with Gasteiger partial charge in [0.05, 0.1) is 11.7 Å². The van der Waals surface area contributed by atoms with E-state index in [0.29, 0.717) is 0 Å². The van der Waals surface area contributed by atoms with Crippen LogP contribution >= 0.6 is 0 Å². The second-order valence-corrected chi connectivity index (χ2v) is 4.53. The topological polar surface area (TPSA) is 53.6 Å². The molecule has 96 valence electrons. The Kier molecular flexibility index (Phi) is 3.14. The molecule has 2 aromatic heterocycles. The molecule has 0 aliphatic carbocycles. The number of anilines is 1. The molecular formula is C15H16N4. The molecule has 2 N–H and O–H groups in total. The fourth-order valence-electron chi connectivity index (χ4n) is 2.08. The first-order valence-electron chi connectivity index (χ1n) is 6.50. The number of pyridine rings is 1. The van der Waals surface area contributed by atoms with Gasteiger partial charge in [0.25, 0.3) is 0 Å². The van der Waals surface area contributed by atoms with Crippen molar-refractivity contribution in [3.63, 3.8) is 0 Å². The molecule has 0 atom stereocenters. The summed E-state index contributed by atoms with van der Waals surface area (Å²) in [5, 5.41) is 11.4. The van der Waals surface area contributed by atoms with Gasteiger partial charge in [-0.05, 0) is 41.8 Å². The molecule has 4 heteroatoms. The van der Waals surface area contributed by atoms with Crippen LogP contribution in [0.25, 0.3) is 22.0 Å². The smallest absolute Gasteiger partial charge is 0.126 e. The summed E-state index contributed by atoms with van der Waals surface area (Å²) in [6, 6.07) is 10.4. The molecule has 0 saturated heterocycles. The van der Waals surface area contributed by atoms with Crippen molar-refractivity contribution in [3.05, 3.63) is 42.7 Å². The summed E-state index contributed by atoms with van der Waals surface area (Å²) in [6.07, 6.45) is 4.77. The quantitative estimate of drug-likeness (QED) is 0.747. The number of nitrogens with one attached hydrogen (secondary N) is 2. The molecule has 0 bridgehead atoms. The first-order valence-corrected chi connectivity index (χ1v) is 6.50. The molecule has 0 aliphatic rings. The van der Waals surface area contributed by atoms with Gasteiger partial charge < -0.3 is 5.32 Å². The molecule has 0 fully saturated rings. The van der Waals surface area contributed by atoms with E-state index >= 15 is 0 Å². The summed E-state index contributed by atoms with van der Waals surface area (Å²) in [4.78, 5) is 4.33. The van der Waals surface area contributed by atoms with Crippen LogP contribution in [0.3, 0.4) is 0 Å². The summed E-state index contributed by atoms with van der Waals surface area (Å²) in [5.41, 5.74) is 3.40. The zero-order valence-electron chi connectivity index (χ0n) is 10.9. The number of nitrogens with zero attached hydrogens (tertiary/aromatic N) is 2. The van der Waals surface area contributed by atoms with Gasteiger partial charge in [-0.3, -0.25) is 5.10 Å². The molecule has 0 saturated carbocycles. The van der Waals surface area contributed by atoms with Gasteiger partial charge in [-0.25, -0.2) is 4.98 Å². The predicted molar refractivity (Wildman–Crippen MR) is 78.1 cm³/mol. The molecule has 2 heterocycles. The zero-order valence-corrected chi connectivity index (χ0v) is 10.9. The third-order valence-electron chi connectivity index (χ3n) is 3.09. The van der Waals surface area contributed by atoms with Crippen LogP contribution in [-0.2, 0) is 0 Å². The van der Waals surface area contributed by atoms with Crippen molar-refractivity contribution < 1.29 is 0 Å². The summed E-state index contributed by atoms with van der Waals surface area (Å²) >= 11 is 0. The van der Waals surface area contributed by atoms with Crippen LogP contribution in [-0.4, -0.2) is 21.7 Å². The summed E-state index contributed by atoms with van der Waals surface area (Å²) in [7, 11) is 0. The lowest BCUT2D eigenvalue weighted by Gasteiger charge is -2.06. The van der Waals surface area contributed by atoms with Gasteiger partial charge in [0.1, 0.15) is 5.82 Å². The number of aromatic amines is 1. The lowest BCUT2D eigenvalue weighted by molar-refractivity contribution is 0.969. The van der Waals surface area contributed by atoms with Crippen LogP contribution in [0.15, 0.2) is 42.7 Å². The highest BCUT2D eigenvalue weighted by molar-refractivity contribution is 5.84. The minimum Gasteiger partial charge on any atom is -0.370 e. The van der Waals surface area contributed by atoms with Crippen molar-refractivity contribution in [1.82, 2.24) is 15.2 Å². The van der Waals surface area contributed by atoms with Crippen LogP contribution in [0.1, 0.15) is 13.3 Å². The predicted octanol–water partition coefficient (Wildman–Crippen LogP) is 3.45. The minimum atomic E-state index is 0.923. The molecule has 1 aromatic carbocycles. The van der Waals surface area contributed by atoms with E-state index in [0.717, 1.165) is 35.2 Å². The second kappa shape index (κ2) is 5.10. The maximum Gasteiger partial charge on any atom is 0.126 e.